The molecule has 196 valence electrons. The minimum atomic E-state index is -3.88. The topological polar surface area (TPSA) is 145 Å². The Bertz CT molecular complexity index is 1630. The molecule has 0 spiro atoms. The van der Waals surface area contributed by atoms with Gasteiger partial charge < -0.3 is 15.0 Å². The van der Waals surface area contributed by atoms with Gasteiger partial charge in [-0.15, -0.1) is 11.3 Å². The van der Waals surface area contributed by atoms with E-state index in [1.54, 1.807) is 29.5 Å². The quantitative estimate of drug-likeness (QED) is 0.372. The molecular formula is C26H25N5O5S2. The van der Waals surface area contributed by atoms with E-state index in [0.29, 0.717) is 48.6 Å². The molecule has 1 aliphatic heterocycles. The van der Waals surface area contributed by atoms with Crippen LogP contribution in [0.3, 0.4) is 0 Å². The third-order valence-electron chi connectivity index (χ3n) is 6.42. The number of amides is 2. The molecule has 0 saturated carbocycles. The first kappa shape index (κ1) is 25.8. The largest absolute Gasteiger partial charge is 0.496 e. The van der Waals surface area contributed by atoms with Gasteiger partial charge in [-0.2, -0.15) is 0 Å². The molecule has 0 unspecified atom stereocenters. The van der Waals surface area contributed by atoms with Gasteiger partial charge in [0.05, 0.1) is 22.5 Å². The molecule has 0 atom stereocenters. The summed E-state index contributed by atoms with van der Waals surface area (Å²) in [5.74, 6) is 0.144. The van der Waals surface area contributed by atoms with Gasteiger partial charge in [0.25, 0.3) is 11.8 Å². The predicted molar refractivity (Wildman–Crippen MR) is 144 cm³/mol. The number of aromatic nitrogens is 2. The Morgan fingerprint density at radius 1 is 1.05 bits per heavy atom. The third-order valence-corrected chi connectivity index (χ3v) is 8.34. The summed E-state index contributed by atoms with van der Waals surface area (Å²) < 4.78 is 28.6. The van der Waals surface area contributed by atoms with E-state index < -0.39 is 15.9 Å². The molecule has 5 rings (SSSR count). The number of carbonyl (C=O) groups is 2. The lowest BCUT2D eigenvalue weighted by molar-refractivity contribution is 0.0707. The lowest BCUT2D eigenvalue weighted by Crippen LogP contribution is -2.38. The van der Waals surface area contributed by atoms with Crippen molar-refractivity contribution in [3.8, 4) is 5.75 Å². The molecule has 1 aliphatic rings. The van der Waals surface area contributed by atoms with Crippen LogP contribution in [0.15, 0.2) is 64.9 Å². The Morgan fingerprint density at radius 3 is 2.55 bits per heavy atom. The Labute approximate surface area is 223 Å². The Kier molecular flexibility index (Phi) is 7.11. The molecule has 2 aromatic heterocycles. The van der Waals surface area contributed by atoms with Crippen molar-refractivity contribution in [3.63, 3.8) is 0 Å². The van der Waals surface area contributed by atoms with E-state index in [9.17, 15) is 18.0 Å². The number of carbonyl (C=O) groups excluding carboxylic acids is 2. The Balaban J connectivity index is 1.23. The van der Waals surface area contributed by atoms with Crippen molar-refractivity contribution >= 4 is 49.8 Å². The van der Waals surface area contributed by atoms with Crippen LogP contribution in [0.1, 0.15) is 44.7 Å². The van der Waals surface area contributed by atoms with Crippen molar-refractivity contribution in [2.75, 3.05) is 25.5 Å². The predicted octanol–water partition coefficient (Wildman–Crippen LogP) is 3.62. The number of ether oxygens (including phenoxy) is 1. The number of nitrogens with zero attached hydrogens (tertiary/aromatic N) is 3. The van der Waals surface area contributed by atoms with E-state index >= 15 is 0 Å². The minimum Gasteiger partial charge on any atom is -0.496 e. The maximum Gasteiger partial charge on any atom is 0.275 e. The summed E-state index contributed by atoms with van der Waals surface area (Å²) in [5.41, 5.74) is 1.60. The molecule has 10 nitrogen and oxygen atoms in total. The van der Waals surface area contributed by atoms with Gasteiger partial charge >= 0.3 is 0 Å². The summed E-state index contributed by atoms with van der Waals surface area (Å²) in [7, 11) is -2.31. The van der Waals surface area contributed by atoms with Crippen LogP contribution in [0.5, 0.6) is 5.75 Å². The van der Waals surface area contributed by atoms with Gasteiger partial charge in [0.1, 0.15) is 17.1 Å². The van der Waals surface area contributed by atoms with Crippen molar-refractivity contribution in [1.82, 2.24) is 14.9 Å². The maximum absolute atomic E-state index is 13.2. The van der Waals surface area contributed by atoms with Crippen LogP contribution in [0.4, 0.5) is 5.69 Å². The van der Waals surface area contributed by atoms with Crippen LogP contribution in [0.2, 0.25) is 0 Å². The highest BCUT2D eigenvalue weighted by Crippen LogP contribution is 2.32. The fraction of sp³-hybridized carbons (Fsp3) is 0.231. The number of sulfonamides is 1. The average molecular weight is 552 g/mol. The number of para-hydroxylation sites is 1. The van der Waals surface area contributed by atoms with Crippen LogP contribution in [-0.4, -0.2) is 55.3 Å². The molecule has 3 heterocycles. The number of benzene rings is 2. The van der Waals surface area contributed by atoms with E-state index in [4.69, 9.17) is 9.88 Å². The van der Waals surface area contributed by atoms with Crippen LogP contribution < -0.4 is 15.2 Å². The number of primary sulfonamides is 1. The van der Waals surface area contributed by atoms with Crippen molar-refractivity contribution in [2.24, 2.45) is 5.14 Å². The van der Waals surface area contributed by atoms with E-state index in [-0.39, 0.29) is 22.4 Å². The van der Waals surface area contributed by atoms with Crippen LogP contribution in [0, 0.1) is 0 Å². The first-order chi connectivity index (χ1) is 18.2. The van der Waals surface area contributed by atoms with Gasteiger partial charge in [-0.05, 0) is 43.2 Å². The maximum atomic E-state index is 13.2. The molecule has 4 aromatic rings. The number of anilines is 1. The summed E-state index contributed by atoms with van der Waals surface area (Å²) in [4.78, 5) is 36.7. The van der Waals surface area contributed by atoms with E-state index in [1.807, 2.05) is 24.3 Å². The zero-order valence-corrected chi connectivity index (χ0v) is 22.1. The number of rotatable bonds is 6. The van der Waals surface area contributed by atoms with Crippen LogP contribution in [0.25, 0.3) is 10.9 Å². The zero-order valence-electron chi connectivity index (χ0n) is 20.5. The number of nitrogens with one attached hydrogen (secondary N) is 1. The van der Waals surface area contributed by atoms with E-state index in [2.05, 4.69) is 15.3 Å². The van der Waals surface area contributed by atoms with Gasteiger partial charge in [-0.3, -0.25) is 9.59 Å². The number of fused-ring (bicyclic) bond motifs is 1. The number of hydrogen-bond donors (Lipinski definition) is 2. The minimum absolute atomic E-state index is 0.0899. The molecule has 12 heteroatoms. The van der Waals surface area contributed by atoms with E-state index in [1.165, 1.54) is 29.5 Å². The summed E-state index contributed by atoms with van der Waals surface area (Å²) in [6.07, 6.45) is 1.42. The zero-order chi connectivity index (χ0) is 26.9. The number of piperidine rings is 1. The molecule has 0 aliphatic carbocycles. The van der Waals surface area contributed by atoms with E-state index in [0.717, 1.165) is 10.4 Å². The van der Waals surface area contributed by atoms with Crippen molar-refractivity contribution in [1.29, 1.82) is 0 Å². The van der Waals surface area contributed by atoms with Crippen LogP contribution in [-0.2, 0) is 10.0 Å². The first-order valence-corrected chi connectivity index (χ1v) is 14.3. The smallest absolute Gasteiger partial charge is 0.275 e. The highest BCUT2D eigenvalue weighted by molar-refractivity contribution is 7.89. The summed E-state index contributed by atoms with van der Waals surface area (Å²) in [6, 6.07) is 15.0. The van der Waals surface area contributed by atoms with Gasteiger partial charge in [-0.25, -0.2) is 23.5 Å². The summed E-state index contributed by atoms with van der Waals surface area (Å²) in [5, 5.41) is 11.2. The number of pyridine rings is 1. The van der Waals surface area contributed by atoms with Crippen molar-refractivity contribution in [3.05, 3.63) is 76.4 Å². The second-order valence-corrected chi connectivity index (χ2v) is 11.3. The number of likely N-dealkylation sites (tertiary alicyclic amines) is 1. The summed E-state index contributed by atoms with van der Waals surface area (Å²) in [6.45, 7) is 1.09. The normalized spacial score (nSPS) is 14.4. The van der Waals surface area contributed by atoms with Gasteiger partial charge in [0.2, 0.25) is 10.0 Å². The molecule has 0 radical (unpaired) electrons. The number of hydrogen-bond acceptors (Lipinski definition) is 8. The van der Waals surface area contributed by atoms with Gasteiger partial charge in [0.15, 0.2) is 0 Å². The SMILES string of the molecule is COc1cc(C(=O)N2CCC(c3nc(C(=O)Nc4cccc(S(N)(=O)=O)c4)cs3)CC2)nc2ccccc12. The first-order valence-electron chi connectivity index (χ1n) is 11.9. The number of nitrogens with two attached hydrogens (primary N) is 1. The van der Waals surface area contributed by atoms with Crippen molar-refractivity contribution in [2.45, 2.75) is 23.7 Å². The lowest BCUT2D eigenvalue weighted by Gasteiger charge is -2.31. The van der Waals surface area contributed by atoms with Gasteiger partial charge in [0, 0.05) is 41.5 Å². The Morgan fingerprint density at radius 2 is 1.82 bits per heavy atom. The molecule has 1 fully saturated rings. The standard InChI is InChI=1S/C26H25N5O5S2/c1-36-23-14-21(29-20-8-3-2-7-19(20)23)26(33)31-11-9-16(10-12-31)25-30-22(15-37-25)24(32)28-17-5-4-6-18(13-17)38(27,34)35/h2-8,13-16H,9-12H2,1H3,(H,28,32)(H2,27,34,35). The number of thiazole rings is 1. The molecule has 2 amide bonds. The third kappa shape index (κ3) is 5.37. The monoisotopic (exact) mass is 551 g/mol. The lowest BCUT2D eigenvalue weighted by atomic mass is 9.97. The fourth-order valence-electron chi connectivity index (χ4n) is 4.44. The second kappa shape index (κ2) is 10.5. The van der Waals surface area contributed by atoms with Crippen molar-refractivity contribution < 1.29 is 22.7 Å². The average Bonchev–Trinajstić information content (AvgIpc) is 3.42. The Hall–Kier alpha value is -3.87. The van der Waals surface area contributed by atoms with Crippen LogP contribution >= 0.6 is 11.3 Å². The van der Waals surface area contributed by atoms with Gasteiger partial charge in [-0.1, -0.05) is 18.2 Å². The number of methoxy groups -OCH3 is 1. The molecule has 1 saturated heterocycles. The second-order valence-electron chi connectivity index (χ2n) is 8.89. The molecule has 38 heavy (non-hydrogen) atoms. The molecule has 2 aromatic carbocycles. The highest BCUT2D eigenvalue weighted by Gasteiger charge is 2.28. The molecular weight excluding hydrogens is 526 g/mol. The molecule has 3 N–H and O–H groups in total. The fourth-order valence-corrected chi connectivity index (χ4v) is 5.97. The molecule has 0 bridgehead atoms. The summed E-state index contributed by atoms with van der Waals surface area (Å²) >= 11 is 1.39. The highest BCUT2D eigenvalue weighted by atomic mass is 32.2.